The fourth-order valence-electron chi connectivity index (χ4n) is 3.34. The number of nitrogens with zero attached hydrogens (tertiary/aromatic N) is 4. The molecule has 0 aliphatic carbocycles. The summed E-state index contributed by atoms with van der Waals surface area (Å²) < 4.78 is 1.43. The van der Waals surface area contributed by atoms with Crippen molar-refractivity contribution in [1.82, 2.24) is 19.9 Å². The summed E-state index contributed by atoms with van der Waals surface area (Å²) in [5.74, 6) is 0.797. The largest absolute Gasteiger partial charge is 0.357 e. The second kappa shape index (κ2) is 7.11. The number of thiophene rings is 1. The van der Waals surface area contributed by atoms with E-state index in [0.29, 0.717) is 27.2 Å². The van der Waals surface area contributed by atoms with Gasteiger partial charge in [-0.25, -0.2) is 9.97 Å². The Morgan fingerprint density at radius 2 is 2.04 bits per heavy atom. The number of fused-ring (bicyclic) bond motifs is 1. The molecule has 8 heteroatoms. The summed E-state index contributed by atoms with van der Waals surface area (Å²) in [4.78, 5) is 37.1. The molecule has 0 atom stereocenters. The number of nitrogens with one attached hydrogen (secondary N) is 1. The van der Waals surface area contributed by atoms with E-state index in [9.17, 15) is 9.59 Å². The highest BCUT2D eigenvalue weighted by molar-refractivity contribution is 7.20. The van der Waals surface area contributed by atoms with Crippen molar-refractivity contribution in [2.75, 3.05) is 18.0 Å². The predicted octanol–water partition coefficient (Wildman–Crippen LogP) is 2.23. The molecule has 3 aromatic heterocycles. The molecule has 0 unspecified atom stereocenters. The number of hydrogen-bond donors (Lipinski definition) is 1. The normalized spacial score (nSPS) is 14.1. The monoisotopic (exact) mass is 383 g/mol. The second-order valence-electron chi connectivity index (χ2n) is 6.80. The van der Waals surface area contributed by atoms with Crippen molar-refractivity contribution >= 4 is 33.3 Å². The van der Waals surface area contributed by atoms with Crippen LogP contribution in [0, 0.1) is 6.92 Å². The van der Waals surface area contributed by atoms with Gasteiger partial charge in [-0.1, -0.05) is 6.07 Å². The maximum absolute atomic E-state index is 12.6. The molecule has 0 spiro atoms. The average molecular weight is 383 g/mol. The number of carbonyl (C=O) groups is 1. The number of pyridine rings is 1. The maximum Gasteiger partial charge on any atom is 0.262 e. The molecule has 4 heterocycles. The molecule has 1 N–H and O–H groups in total. The van der Waals surface area contributed by atoms with E-state index in [2.05, 4.69) is 20.2 Å². The molecule has 0 aromatic carbocycles. The van der Waals surface area contributed by atoms with Gasteiger partial charge in [0.15, 0.2) is 0 Å². The summed E-state index contributed by atoms with van der Waals surface area (Å²) in [5.41, 5.74) is 1.50. The topological polar surface area (TPSA) is 80.1 Å². The fourth-order valence-corrected chi connectivity index (χ4v) is 4.40. The van der Waals surface area contributed by atoms with Crippen LogP contribution in [0.25, 0.3) is 10.2 Å². The van der Waals surface area contributed by atoms with E-state index < -0.39 is 0 Å². The van der Waals surface area contributed by atoms with E-state index in [1.54, 1.807) is 14.0 Å². The van der Waals surface area contributed by atoms with Gasteiger partial charge in [0.1, 0.15) is 10.6 Å². The number of amides is 1. The number of rotatable bonds is 4. The fraction of sp³-hybridized carbons (Fsp3) is 0.368. The van der Waals surface area contributed by atoms with Crippen molar-refractivity contribution in [2.24, 2.45) is 7.05 Å². The van der Waals surface area contributed by atoms with Crippen LogP contribution in [-0.4, -0.2) is 33.5 Å². The summed E-state index contributed by atoms with van der Waals surface area (Å²) in [6.07, 6.45) is 5.72. The Bertz CT molecular complexity index is 1050. The van der Waals surface area contributed by atoms with Crippen LogP contribution in [0.15, 0.2) is 29.5 Å². The zero-order valence-electron chi connectivity index (χ0n) is 15.4. The van der Waals surface area contributed by atoms with Gasteiger partial charge < -0.3 is 14.8 Å². The van der Waals surface area contributed by atoms with Gasteiger partial charge in [0, 0.05) is 32.9 Å². The number of anilines is 1. The zero-order chi connectivity index (χ0) is 19.0. The molecule has 0 bridgehead atoms. The molecule has 3 aromatic rings. The lowest BCUT2D eigenvalue weighted by atomic mass is 10.2. The summed E-state index contributed by atoms with van der Waals surface area (Å²) in [5, 5.41) is 3.44. The molecule has 1 aliphatic rings. The molecule has 27 heavy (non-hydrogen) atoms. The van der Waals surface area contributed by atoms with E-state index >= 15 is 0 Å². The summed E-state index contributed by atoms with van der Waals surface area (Å²) in [7, 11) is 1.66. The first-order valence-electron chi connectivity index (χ1n) is 8.97. The minimum atomic E-state index is -0.193. The lowest BCUT2D eigenvalue weighted by Gasteiger charge is -2.16. The number of aromatic nitrogens is 3. The molecule has 140 valence electrons. The molecule has 0 saturated carbocycles. The highest BCUT2D eigenvalue weighted by atomic mass is 32.1. The Labute approximate surface area is 160 Å². The Morgan fingerprint density at radius 1 is 1.26 bits per heavy atom. The van der Waals surface area contributed by atoms with Crippen molar-refractivity contribution in [1.29, 1.82) is 0 Å². The van der Waals surface area contributed by atoms with Gasteiger partial charge in [-0.3, -0.25) is 9.59 Å². The van der Waals surface area contributed by atoms with Crippen molar-refractivity contribution in [3.63, 3.8) is 0 Å². The van der Waals surface area contributed by atoms with Crippen LogP contribution < -0.4 is 15.8 Å². The van der Waals surface area contributed by atoms with E-state index in [1.807, 2.05) is 18.3 Å². The van der Waals surface area contributed by atoms with Gasteiger partial charge in [-0.15, -0.1) is 11.3 Å². The zero-order valence-corrected chi connectivity index (χ0v) is 16.2. The van der Waals surface area contributed by atoms with Crippen LogP contribution in [0.1, 0.15) is 33.6 Å². The van der Waals surface area contributed by atoms with Crippen LogP contribution >= 0.6 is 11.3 Å². The van der Waals surface area contributed by atoms with Crippen molar-refractivity contribution in [3.05, 3.63) is 51.0 Å². The Hall–Kier alpha value is -2.74. The molecule has 1 amide bonds. The highest BCUT2D eigenvalue weighted by Gasteiger charge is 2.19. The first-order valence-corrected chi connectivity index (χ1v) is 9.79. The second-order valence-corrected chi connectivity index (χ2v) is 7.80. The Morgan fingerprint density at radius 3 is 2.74 bits per heavy atom. The summed E-state index contributed by atoms with van der Waals surface area (Å²) in [6, 6.07) is 4.00. The van der Waals surface area contributed by atoms with Crippen molar-refractivity contribution in [3.8, 4) is 0 Å². The molecular weight excluding hydrogens is 362 g/mol. The number of aryl methyl sites for hydroxylation is 2. The minimum Gasteiger partial charge on any atom is -0.357 e. The Kier molecular flexibility index (Phi) is 4.65. The van der Waals surface area contributed by atoms with Crippen LogP contribution in [0.4, 0.5) is 5.82 Å². The number of carbonyl (C=O) groups excluding carboxylic acids is 1. The summed E-state index contributed by atoms with van der Waals surface area (Å²) >= 11 is 1.25. The van der Waals surface area contributed by atoms with Crippen LogP contribution in [-0.2, 0) is 13.6 Å². The first-order chi connectivity index (χ1) is 13.0. The highest BCUT2D eigenvalue weighted by Crippen LogP contribution is 2.26. The predicted molar refractivity (Wildman–Crippen MR) is 106 cm³/mol. The van der Waals surface area contributed by atoms with Crippen LogP contribution in [0.3, 0.4) is 0 Å². The first kappa shape index (κ1) is 17.7. The van der Waals surface area contributed by atoms with Gasteiger partial charge in [-0.2, -0.15) is 0 Å². The Balaban J connectivity index is 1.48. The molecule has 4 rings (SSSR count). The van der Waals surface area contributed by atoms with Gasteiger partial charge in [0.2, 0.25) is 0 Å². The molecule has 1 aliphatic heterocycles. The van der Waals surface area contributed by atoms with E-state index in [4.69, 9.17) is 0 Å². The van der Waals surface area contributed by atoms with Crippen LogP contribution in [0.5, 0.6) is 0 Å². The SMILES string of the molecule is Cc1c(C(=O)NCc2ccc(N3CCCC3)nc2)sc2ncn(C)c(=O)c12. The maximum atomic E-state index is 12.6. The molecular formula is C19H21N5O2S. The quantitative estimate of drug-likeness (QED) is 0.747. The average Bonchev–Trinajstić information content (AvgIpc) is 3.32. The lowest BCUT2D eigenvalue weighted by Crippen LogP contribution is -2.23. The van der Waals surface area contributed by atoms with Gasteiger partial charge in [0.05, 0.1) is 16.6 Å². The molecule has 1 saturated heterocycles. The standard InChI is InChI=1S/C19H21N5O2S/c1-12-15-18(22-11-23(2)19(15)26)27-16(12)17(25)21-10-13-5-6-14(20-9-13)24-7-3-4-8-24/h5-6,9,11H,3-4,7-8,10H2,1-2H3,(H,21,25). The molecule has 1 fully saturated rings. The van der Waals surface area contributed by atoms with E-state index in [0.717, 1.165) is 24.5 Å². The van der Waals surface area contributed by atoms with Crippen LogP contribution in [0.2, 0.25) is 0 Å². The molecule has 7 nitrogen and oxygen atoms in total. The van der Waals surface area contributed by atoms with Crippen molar-refractivity contribution < 1.29 is 4.79 Å². The third kappa shape index (κ3) is 3.32. The number of hydrogen-bond acceptors (Lipinski definition) is 6. The lowest BCUT2D eigenvalue weighted by molar-refractivity contribution is 0.0954. The third-order valence-electron chi connectivity index (χ3n) is 4.91. The molecule has 0 radical (unpaired) electrons. The van der Waals surface area contributed by atoms with Gasteiger partial charge >= 0.3 is 0 Å². The van der Waals surface area contributed by atoms with Gasteiger partial charge in [-0.05, 0) is 37.0 Å². The summed E-state index contributed by atoms with van der Waals surface area (Å²) in [6.45, 7) is 4.30. The van der Waals surface area contributed by atoms with E-state index in [-0.39, 0.29) is 11.5 Å². The smallest absolute Gasteiger partial charge is 0.262 e. The van der Waals surface area contributed by atoms with Crippen molar-refractivity contribution in [2.45, 2.75) is 26.3 Å². The minimum absolute atomic E-state index is 0.130. The van der Waals surface area contributed by atoms with E-state index in [1.165, 1.54) is 35.1 Å². The van der Waals surface area contributed by atoms with Gasteiger partial charge in [0.25, 0.3) is 11.5 Å². The third-order valence-corrected chi connectivity index (χ3v) is 6.11.